The van der Waals surface area contributed by atoms with E-state index in [0.29, 0.717) is 45.3 Å². The maximum atomic E-state index is 11.9. The third-order valence-corrected chi connectivity index (χ3v) is 7.66. The third kappa shape index (κ3) is 4.32. The van der Waals surface area contributed by atoms with Crippen LogP contribution in [-0.2, 0) is 9.53 Å². The number of hydrogen-bond donors (Lipinski definition) is 3. The average Bonchev–Trinajstić information content (AvgIpc) is 3.20. The molecule has 3 fully saturated rings. The lowest BCUT2D eigenvalue weighted by atomic mass is 9.65. The molecule has 0 aromatic heterocycles. The van der Waals surface area contributed by atoms with Crippen LogP contribution < -0.4 is 0 Å². The SMILES string of the molecule is CO[C@@H]1[C@H](O)CC[C@]2(O)CN(CCCN3CCCC3=O)[C@](C)([C@H](O)CC=C(C)C)[C@@H]12. The molecule has 3 rings (SSSR count). The number of hydrogen-bond acceptors (Lipinski definition) is 6. The van der Waals surface area contributed by atoms with Gasteiger partial charge in [0.2, 0.25) is 5.91 Å². The highest BCUT2D eigenvalue weighted by Crippen LogP contribution is 2.52. The molecule has 7 nitrogen and oxygen atoms in total. The highest BCUT2D eigenvalue weighted by molar-refractivity contribution is 5.77. The molecule has 7 heteroatoms. The average molecular weight is 425 g/mol. The molecule has 0 aromatic rings. The van der Waals surface area contributed by atoms with Crippen molar-refractivity contribution in [1.29, 1.82) is 0 Å². The summed E-state index contributed by atoms with van der Waals surface area (Å²) >= 11 is 0. The summed E-state index contributed by atoms with van der Waals surface area (Å²) in [6.07, 6.45) is 3.95. The number of amides is 1. The largest absolute Gasteiger partial charge is 0.391 e. The van der Waals surface area contributed by atoms with Crippen molar-refractivity contribution in [3.63, 3.8) is 0 Å². The first-order valence-electron chi connectivity index (χ1n) is 11.4. The van der Waals surface area contributed by atoms with E-state index in [1.807, 2.05) is 31.7 Å². The third-order valence-electron chi connectivity index (χ3n) is 7.66. The monoisotopic (exact) mass is 424 g/mol. The zero-order valence-electron chi connectivity index (χ0n) is 19.0. The van der Waals surface area contributed by atoms with Crippen LogP contribution in [0.15, 0.2) is 11.6 Å². The van der Waals surface area contributed by atoms with E-state index in [1.165, 1.54) is 0 Å². The van der Waals surface area contributed by atoms with Crippen molar-refractivity contribution in [2.45, 2.75) is 88.7 Å². The normalized spacial score (nSPS) is 38.0. The van der Waals surface area contributed by atoms with Gasteiger partial charge < -0.3 is 25.0 Å². The highest BCUT2D eigenvalue weighted by atomic mass is 16.5. The van der Waals surface area contributed by atoms with E-state index in [9.17, 15) is 20.1 Å². The minimum absolute atomic E-state index is 0.220. The van der Waals surface area contributed by atoms with Gasteiger partial charge in [-0.05, 0) is 52.9 Å². The second kappa shape index (κ2) is 9.25. The summed E-state index contributed by atoms with van der Waals surface area (Å²) in [4.78, 5) is 16.0. The molecule has 0 spiro atoms. The number of carbonyl (C=O) groups is 1. The Morgan fingerprint density at radius 2 is 2.10 bits per heavy atom. The molecule has 2 heterocycles. The van der Waals surface area contributed by atoms with Crippen LogP contribution in [0.3, 0.4) is 0 Å². The summed E-state index contributed by atoms with van der Waals surface area (Å²) in [6, 6.07) is 0. The summed E-state index contributed by atoms with van der Waals surface area (Å²) in [7, 11) is 1.57. The molecule has 0 aromatic carbocycles. The molecule has 0 radical (unpaired) electrons. The predicted molar refractivity (Wildman–Crippen MR) is 115 cm³/mol. The molecule has 172 valence electrons. The van der Waals surface area contributed by atoms with Crippen LogP contribution >= 0.6 is 0 Å². The summed E-state index contributed by atoms with van der Waals surface area (Å²) in [6.45, 7) is 8.67. The number of allylic oxidation sites excluding steroid dienone is 1. The Bertz CT molecular complexity index is 652. The number of rotatable bonds is 8. The zero-order valence-corrected chi connectivity index (χ0v) is 19.0. The molecule has 30 heavy (non-hydrogen) atoms. The van der Waals surface area contributed by atoms with Gasteiger partial charge in [-0.1, -0.05) is 11.6 Å². The maximum Gasteiger partial charge on any atom is 0.222 e. The molecule has 1 aliphatic carbocycles. The van der Waals surface area contributed by atoms with E-state index >= 15 is 0 Å². The second-order valence-corrected chi connectivity index (χ2v) is 9.91. The quantitative estimate of drug-likeness (QED) is 0.509. The van der Waals surface area contributed by atoms with Crippen LogP contribution in [0.4, 0.5) is 0 Å². The minimum atomic E-state index is -1.01. The fraction of sp³-hybridized carbons (Fsp3) is 0.870. The number of ether oxygens (including phenoxy) is 1. The Labute approximate surface area is 180 Å². The maximum absolute atomic E-state index is 11.9. The molecule has 1 amide bonds. The van der Waals surface area contributed by atoms with Crippen LogP contribution in [-0.4, -0.2) is 93.8 Å². The van der Waals surface area contributed by atoms with Crippen LogP contribution in [0, 0.1) is 5.92 Å². The molecule has 6 atom stereocenters. The predicted octanol–water partition coefficient (Wildman–Crippen LogP) is 1.31. The molecule has 3 N–H and O–H groups in total. The van der Waals surface area contributed by atoms with Gasteiger partial charge in [0.1, 0.15) is 0 Å². The van der Waals surface area contributed by atoms with Crippen molar-refractivity contribution < 1.29 is 24.9 Å². The fourth-order valence-corrected chi connectivity index (χ4v) is 6.01. The van der Waals surface area contributed by atoms with Gasteiger partial charge in [-0.25, -0.2) is 0 Å². The van der Waals surface area contributed by atoms with Gasteiger partial charge in [0, 0.05) is 45.6 Å². The smallest absolute Gasteiger partial charge is 0.222 e. The van der Waals surface area contributed by atoms with Gasteiger partial charge in [-0.2, -0.15) is 0 Å². The van der Waals surface area contributed by atoms with Gasteiger partial charge in [0.15, 0.2) is 0 Å². The number of likely N-dealkylation sites (tertiary alicyclic amines) is 2. The minimum Gasteiger partial charge on any atom is -0.391 e. The van der Waals surface area contributed by atoms with Gasteiger partial charge in [-0.3, -0.25) is 9.69 Å². The molecule has 0 unspecified atom stereocenters. The summed E-state index contributed by atoms with van der Waals surface area (Å²) in [5, 5.41) is 33.5. The van der Waals surface area contributed by atoms with Crippen LogP contribution in [0.5, 0.6) is 0 Å². The Kier molecular flexibility index (Phi) is 7.30. The standard InChI is InChI=1S/C23H40N2O5/c1-16(2)8-9-18(27)22(3)21-20(30-4)17(26)10-11-23(21,29)15-25(22)14-6-13-24-12-5-7-19(24)28/h8,17-18,20-21,26-27,29H,5-7,9-15H2,1-4H3/t17-,18-,20-,21-,22-,23+/m1/s1. The Morgan fingerprint density at radius 3 is 2.70 bits per heavy atom. The van der Waals surface area contributed by atoms with Crippen molar-refractivity contribution in [2.75, 3.05) is 33.3 Å². The Morgan fingerprint density at radius 1 is 1.37 bits per heavy atom. The van der Waals surface area contributed by atoms with E-state index < -0.39 is 35.4 Å². The first-order chi connectivity index (χ1) is 14.1. The number of fused-ring (bicyclic) bond motifs is 1. The lowest BCUT2D eigenvalue weighted by molar-refractivity contribution is -0.169. The lowest BCUT2D eigenvalue weighted by Gasteiger charge is -2.50. The number of nitrogens with zero attached hydrogens (tertiary/aromatic N) is 2. The van der Waals surface area contributed by atoms with Crippen molar-refractivity contribution in [1.82, 2.24) is 9.80 Å². The summed E-state index contributed by atoms with van der Waals surface area (Å²) < 4.78 is 5.69. The fourth-order valence-electron chi connectivity index (χ4n) is 6.01. The van der Waals surface area contributed by atoms with E-state index in [-0.39, 0.29) is 5.91 Å². The van der Waals surface area contributed by atoms with E-state index in [0.717, 1.165) is 25.0 Å². The van der Waals surface area contributed by atoms with Gasteiger partial charge >= 0.3 is 0 Å². The Hall–Kier alpha value is -0.990. The van der Waals surface area contributed by atoms with Gasteiger partial charge in [-0.15, -0.1) is 0 Å². The first kappa shape index (κ1) is 23.7. The molecule has 0 bridgehead atoms. The van der Waals surface area contributed by atoms with Gasteiger partial charge in [0.05, 0.1) is 29.5 Å². The lowest BCUT2D eigenvalue weighted by Crippen LogP contribution is -2.63. The second-order valence-electron chi connectivity index (χ2n) is 9.91. The van der Waals surface area contributed by atoms with Crippen LogP contribution in [0.1, 0.15) is 59.3 Å². The zero-order chi connectivity index (χ0) is 22.1. The van der Waals surface area contributed by atoms with E-state index in [1.54, 1.807) is 7.11 Å². The first-order valence-corrected chi connectivity index (χ1v) is 11.4. The van der Waals surface area contributed by atoms with Crippen molar-refractivity contribution in [2.24, 2.45) is 5.92 Å². The summed E-state index contributed by atoms with van der Waals surface area (Å²) in [5.74, 6) is -0.176. The topological polar surface area (TPSA) is 93.5 Å². The van der Waals surface area contributed by atoms with E-state index in [4.69, 9.17) is 4.74 Å². The molecule has 2 aliphatic heterocycles. The highest BCUT2D eigenvalue weighted by Gasteiger charge is 2.65. The number of methoxy groups -OCH3 is 1. The van der Waals surface area contributed by atoms with Crippen molar-refractivity contribution in [3.8, 4) is 0 Å². The van der Waals surface area contributed by atoms with Crippen LogP contribution in [0.2, 0.25) is 0 Å². The number of carbonyl (C=O) groups excluding carboxylic acids is 1. The molecular weight excluding hydrogens is 384 g/mol. The molecule has 2 saturated heterocycles. The number of β-amino-alcohol motifs (C(OH)–C–C–N with tert-alkyl or cyclic N) is 1. The number of aliphatic hydroxyl groups excluding tert-OH is 2. The Balaban J connectivity index is 1.83. The van der Waals surface area contributed by atoms with Gasteiger partial charge in [0.25, 0.3) is 0 Å². The molecule has 3 aliphatic rings. The van der Waals surface area contributed by atoms with Crippen LogP contribution in [0.25, 0.3) is 0 Å². The van der Waals surface area contributed by atoms with E-state index in [2.05, 4.69) is 4.90 Å². The summed E-state index contributed by atoms with van der Waals surface area (Å²) in [5.41, 5.74) is -0.612. The molecule has 1 saturated carbocycles. The number of aliphatic hydroxyl groups is 3. The van der Waals surface area contributed by atoms with Crippen molar-refractivity contribution >= 4 is 5.91 Å². The van der Waals surface area contributed by atoms with Crippen molar-refractivity contribution in [3.05, 3.63) is 11.6 Å². The molecular formula is C23H40N2O5.